The first-order valence-electron chi connectivity index (χ1n) is 18.0. The van der Waals surface area contributed by atoms with Gasteiger partial charge < -0.3 is 29.9 Å². The van der Waals surface area contributed by atoms with Gasteiger partial charge in [-0.15, -0.1) is 5.73 Å². The highest BCUT2D eigenvalue weighted by Crippen LogP contribution is 2.45. The molecule has 0 spiro atoms. The van der Waals surface area contributed by atoms with Gasteiger partial charge >= 0.3 is 6.09 Å². The number of nitrogens with zero attached hydrogens (tertiary/aromatic N) is 3. The van der Waals surface area contributed by atoms with E-state index >= 15 is 0 Å². The van der Waals surface area contributed by atoms with E-state index in [2.05, 4.69) is 32.6 Å². The number of hydrogen-bond donors (Lipinski definition) is 3. The monoisotopic (exact) mass is 760 g/mol. The van der Waals surface area contributed by atoms with E-state index in [1.54, 1.807) is 19.4 Å². The minimum absolute atomic E-state index is 0.0214. The fraction of sp³-hybridized carbons (Fsp3) is 0.447. The van der Waals surface area contributed by atoms with Gasteiger partial charge in [0.2, 0.25) is 33.6 Å². The number of carbonyl (C=O) groups is 5. The molecule has 0 radical (unpaired) electrons. The Labute approximate surface area is 313 Å². The average molecular weight is 761 g/mol. The molecule has 2 aliphatic carbocycles. The molecule has 2 aromatic rings. The first-order valence-corrected chi connectivity index (χ1v) is 19.5. The average Bonchev–Trinajstić information content (AvgIpc) is 4.08. The Bertz CT molecular complexity index is 2040. The number of alkyl carbamates (subject to hydrolysis) is 1. The molecule has 15 nitrogen and oxygen atoms in total. The molecule has 1 aromatic carbocycles. The molecular formula is C38H44N6O9S. The molecule has 1 aromatic heterocycles. The molecule has 2 saturated carbocycles. The van der Waals surface area contributed by atoms with Crippen molar-refractivity contribution in [1.29, 1.82) is 0 Å². The summed E-state index contributed by atoms with van der Waals surface area (Å²) >= 11 is 0. The molecule has 2 aliphatic heterocycles. The minimum atomic E-state index is -3.89. The fourth-order valence-electron chi connectivity index (χ4n) is 6.77. The number of hydrogen-bond acceptors (Lipinski definition) is 10. The van der Waals surface area contributed by atoms with Crippen LogP contribution in [-0.2, 0) is 33.9 Å². The number of aromatic nitrogens is 1. The second kappa shape index (κ2) is 16.3. The number of rotatable bonds is 11. The molecular weight excluding hydrogens is 717 g/mol. The van der Waals surface area contributed by atoms with Crippen molar-refractivity contribution in [2.45, 2.75) is 67.8 Å². The maximum absolute atomic E-state index is 14.1. The van der Waals surface area contributed by atoms with Gasteiger partial charge in [0.25, 0.3) is 5.91 Å². The highest BCUT2D eigenvalue weighted by atomic mass is 32.2. The number of benzene rings is 1. The Balaban J connectivity index is 1.12. The van der Waals surface area contributed by atoms with Crippen LogP contribution in [0.5, 0.6) is 5.88 Å². The van der Waals surface area contributed by atoms with Gasteiger partial charge in [0.15, 0.2) is 0 Å². The van der Waals surface area contributed by atoms with Gasteiger partial charge in [0.1, 0.15) is 17.6 Å². The standard InChI is InChI=1S/C38H44N6O9S/c1-3-32(45)43-19-7-6-11-27-23-38(27,36(48)42-54(50,51)28-15-16-28)41-33(46)31-12-9-20-44(31)35(47)30(24-43)40-37(49)53-21-8-4-5-10-25-13-14-26-17-18-39-34(52-2)29(26)22-25/h3,5,7,10-11,13-14,17-18,22,27-28,30-31H,1,4,8-9,12,15-16,19-21,23-24H2,2H3,(H,40,49)(H,41,46)(H,42,48)/b10-5+/t6?,27-,30+,31+,38-/m1/s1. The Kier molecular flexibility index (Phi) is 11.5. The number of carbonyl (C=O) groups excluding carboxylic acids is 5. The van der Waals surface area contributed by atoms with E-state index in [0.717, 1.165) is 22.4 Å². The van der Waals surface area contributed by atoms with Gasteiger partial charge in [0, 0.05) is 30.6 Å². The summed E-state index contributed by atoms with van der Waals surface area (Å²) in [6.07, 6.45) is 11.7. The molecule has 0 bridgehead atoms. The number of fused-ring (bicyclic) bond motifs is 3. The van der Waals surface area contributed by atoms with Crippen molar-refractivity contribution in [3.63, 3.8) is 0 Å². The van der Waals surface area contributed by atoms with Crippen molar-refractivity contribution < 1.29 is 41.9 Å². The number of sulfonamides is 1. The molecule has 1 saturated heterocycles. The summed E-state index contributed by atoms with van der Waals surface area (Å²) in [6.45, 7) is 3.53. The van der Waals surface area contributed by atoms with Gasteiger partial charge in [-0.1, -0.05) is 30.9 Å². The van der Waals surface area contributed by atoms with Crippen LogP contribution in [0.15, 0.2) is 67.1 Å². The number of ether oxygens (including phenoxy) is 2. The molecule has 4 atom stereocenters. The zero-order chi connectivity index (χ0) is 38.5. The number of methoxy groups -OCH3 is 1. The van der Waals surface area contributed by atoms with Gasteiger partial charge in [-0.05, 0) is 86.3 Å². The third-order valence-corrected chi connectivity index (χ3v) is 11.8. The topological polar surface area (TPSA) is 193 Å². The van der Waals surface area contributed by atoms with E-state index in [4.69, 9.17) is 9.47 Å². The minimum Gasteiger partial charge on any atom is -0.481 e. The molecule has 4 aliphatic rings. The molecule has 3 fully saturated rings. The third-order valence-electron chi connectivity index (χ3n) is 10.0. The first kappa shape index (κ1) is 38.3. The molecule has 0 unspecified atom stereocenters. The van der Waals surface area contributed by atoms with Crippen molar-refractivity contribution >= 4 is 56.6 Å². The Morgan fingerprint density at radius 3 is 2.76 bits per heavy atom. The van der Waals surface area contributed by atoms with Crippen molar-refractivity contribution in [3.05, 3.63) is 72.6 Å². The SMILES string of the molecule is C=CC(=O)N1CC=C=C[C@@H]2C[C@@]2(C(=O)NS(=O)(=O)C2CC2)NC(=O)[C@@H]2CCCN2C(=O)[C@@H](NC(=O)OCCC/C=C/c2ccc3ccnc(OC)c3c2)C1. The lowest BCUT2D eigenvalue weighted by Gasteiger charge is -2.32. The number of pyridine rings is 1. The Morgan fingerprint density at radius 1 is 1.19 bits per heavy atom. The van der Waals surface area contributed by atoms with E-state index in [-0.39, 0.29) is 39.1 Å². The number of amides is 5. The normalized spacial score (nSPS) is 24.3. The predicted octanol–water partition coefficient (Wildman–Crippen LogP) is 2.35. The van der Waals surface area contributed by atoms with E-state index < -0.39 is 68.5 Å². The number of allylic oxidation sites excluding steroid dienone is 1. The van der Waals surface area contributed by atoms with Crippen LogP contribution in [0.3, 0.4) is 0 Å². The van der Waals surface area contributed by atoms with Crippen LogP contribution in [0.4, 0.5) is 4.79 Å². The van der Waals surface area contributed by atoms with Crippen LogP contribution in [0.1, 0.15) is 50.5 Å². The van der Waals surface area contributed by atoms with Crippen LogP contribution in [0, 0.1) is 5.92 Å². The lowest BCUT2D eigenvalue weighted by Crippen LogP contribution is -2.60. The zero-order valence-corrected chi connectivity index (χ0v) is 30.8. The largest absolute Gasteiger partial charge is 0.481 e. The van der Waals surface area contributed by atoms with Crippen molar-refractivity contribution in [2.24, 2.45) is 5.92 Å². The second-order valence-electron chi connectivity index (χ2n) is 13.8. The summed E-state index contributed by atoms with van der Waals surface area (Å²) in [5.74, 6) is -2.62. The van der Waals surface area contributed by atoms with E-state index in [1.807, 2.05) is 36.4 Å². The van der Waals surface area contributed by atoms with Gasteiger partial charge in [-0.3, -0.25) is 23.9 Å². The van der Waals surface area contributed by atoms with Gasteiger partial charge in [-0.25, -0.2) is 18.2 Å². The first-order chi connectivity index (χ1) is 26.0. The summed E-state index contributed by atoms with van der Waals surface area (Å²) in [7, 11) is -2.32. The van der Waals surface area contributed by atoms with E-state index in [9.17, 15) is 32.4 Å². The molecule has 16 heteroatoms. The summed E-state index contributed by atoms with van der Waals surface area (Å²) in [5, 5.41) is 6.60. The van der Waals surface area contributed by atoms with Crippen LogP contribution in [0.25, 0.3) is 16.8 Å². The lowest BCUT2D eigenvalue weighted by atomic mass is 10.1. The fourth-order valence-corrected chi connectivity index (χ4v) is 8.13. The van der Waals surface area contributed by atoms with Crippen LogP contribution >= 0.6 is 0 Å². The predicted molar refractivity (Wildman–Crippen MR) is 198 cm³/mol. The Hall–Kier alpha value is -5.47. The molecule has 3 heterocycles. The third kappa shape index (κ3) is 8.66. The molecule has 5 amide bonds. The Morgan fingerprint density at radius 2 is 2.00 bits per heavy atom. The highest BCUT2D eigenvalue weighted by Gasteiger charge is 2.62. The smallest absolute Gasteiger partial charge is 0.407 e. The quantitative estimate of drug-likeness (QED) is 0.174. The van der Waals surface area contributed by atoms with E-state index in [1.165, 1.54) is 15.9 Å². The maximum atomic E-state index is 14.1. The molecule has 6 rings (SSSR count). The molecule has 286 valence electrons. The maximum Gasteiger partial charge on any atom is 0.407 e. The van der Waals surface area contributed by atoms with Crippen LogP contribution < -0.4 is 20.1 Å². The van der Waals surface area contributed by atoms with E-state index in [0.29, 0.717) is 38.0 Å². The van der Waals surface area contributed by atoms with Crippen LogP contribution in [-0.4, -0.2) is 109 Å². The summed E-state index contributed by atoms with van der Waals surface area (Å²) < 4.78 is 38.2. The number of unbranched alkanes of at least 4 members (excludes halogenated alkanes) is 1. The highest BCUT2D eigenvalue weighted by molar-refractivity contribution is 7.91. The summed E-state index contributed by atoms with van der Waals surface area (Å²) in [6, 6.07) is 5.56. The van der Waals surface area contributed by atoms with Gasteiger partial charge in [0.05, 0.1) is 25.5 Å². The van der Waals surface area contributed by atoms with Crippen molar-refractivity contribution in [2.75, 3.05) is 33.4 Å². The van der Waals surface area contributed by atoms with Gasteiger partial charge in [-0.2, -0.15) is 0 Å². The molecule has 3 N–H and O–H groups in total. The summed E-state index contributed by atoms with van der Waals surface area (Å²) in [5.41, 5.74) is 2.34. The summed E-state index contributed by atoms with van der Waals surface area (Å²) in [4.78, 5) is 74.0. The van der Waals surface area contributed by atoms with Crippen molar-refractivity contribution in [1.82, 2.24) is 30.1 Å². The zero-order valence-electron chi connectivity index (χ0n) is 30.0. The number of nitrogens with one attached hydrogen (secondary N) is 3. The van der Waals surface area contributed by atoms with Crippen LogP contribution in [0.2, 0.25) is 0 Å². The second-order valence-corrected chi connectivity index (χ2v) is 15.8. The van der Waals surface area contributed by atoms with Crippen molar-refractivity contribution in [3.8, 4) is 5.88 Å². The molecule has 54 heavy (non-hydrogen) atoms. The lowest BCUT2D eigenvalue weighted by molar-refractivity contribution is -0.141.